The largest absolute Gasteiger partial charge is 0.502 e. The van der Waals surface area contributed by atoms with Crippen molar-refractivity contribution in [3.63, 3.8) is 0 Å². The van der Waals surface area contributed by atoms with Crippen LogP contribution < -0.4 is 10.3 Å². The van der Waals surface area contributed by atoms with Crippen molar-refractivity contribution in [3.05, 3.63) is 52.2 Å². The van der Waals surface area contributed by atoms with Gasteiger partial charge in [-0.3, -0.25) is 9.69 Å². The number of rotatable bonds is 3. The molecule has 0 bridgehead atoms. The number of aromatic nitrogens is 1. The number of hydrogen-bond acceptors (Lipinski definition) is 6. The predicted molar refractivity (Wildman–Crippen MR) is 83.1 cm³/mol. The molecule has 1 saturated heterocycles. The molecule has 0 radical (unpaired) electrons. The molecule has 1 aliphatic heterocycles. The third-order valence-electron chi connectivity index (χ3n) is 3.83. The minimum Gasteiger partial charge on any atom is -0.502 e. The number of aromatic hydroxyl groups is 1. The second kappa shape index (κ2) is 6.19. The molecule has 1 fully saturated rings. The Morgan fingerprint density at radius 2 is 2.05 bits per heavy atom. The van der Waals surface area contributed by atoms with Gasteiger partial charge in [0.15, 0.2) is 5.76 Å². The number of nitrogens with zero attached hydrogens (tertiary/aromatic N) is 3. The fourth-order valence-corrected chi connectivity index (χ4v) is 2.65. The molecule has 0 spiro atoms. The second-order valence-electron chi connectivity index (χ2n) is 5.44. The zero-order valence-electron chi connectivity index (χ0n) is 12.5. The zero-order chi connectivity index (χ0) is 15.5. The van der Waals surface area contributed by atoms with E-state index in [-0.39, 0.29) is 11.2 Å². The van der Waals surface area contributed by atoms with Gasteiger partial charge in [0, 0.05) is 38.4 Å². The lowest BCUT2D eigenvalue weighted by molar-refractivity contribution is 0.219. The summed E-state index contributed by atoms with van der Waals surface area (Å²) in [5.41, 5.74) is -0.383. The molecule has 6 nitrogen and oxygen atoms in total. The van der Waals surface area contributed by atoms with Gasteiger partial charge in [-0.05, 0) is 19.1 Å². The van der Waals surface area contributed by atoms with Gasteiger partial charge in [0.2, 0.25) is 11.2 Å². The second-order valence-corrected chi connectivity index (χ2v) is 5.44. The van der Waals surface area contributed by atoms with E-state index in [0.717, 1.165) is 32.0 Å². The average molecular weight is 301 g/mol. The van der Waals surface area contributed by atoms with Gasteiger partial charge in [0.05, 0.1) is 6.54 Å². The Balaban J connectivity index is 1.64. The molecule has 22 heavy (non-hydrogen) atoms. The molecule has 2 aromatic rings. The van der Waals surface area contributed by atoms with E-state index in [1.807, 2.05) is 18.2 Å². The Labute approximate surface area is 128 Å². The number of aryl methyl sites for hydroxylation is 1. The molecule has 2 aromatic heterocycles. The van der Waals surface area contributed by atoms with Crippen LogP contribution >= 0.6 is 0 Å². The number of anilines is 1. The summed E-state index contributed by atoms with van der Waals surface area (Å²) >= 11 is 0. The maximum Gasteiger partial charge on any atom is 0.227 e. The topological polar surface area (TPSA) is 69.8 Å². The van der Waals surface area contributed by atoms with Gasteiger partial charge in [-0.15, -0.1) is 0 Å². The van der Waals surface area contributed by atoms with Crippen LogP contribution in [-0.4, -0.2) is 41.2 Å². The molecule has 116 valence electrons. The van der Waals surface area contributed by atoms with E-state index in [9.17, 15) is 9.90 Å². The SMILES string of the molecule is Cc1cc(=O)c(O)c(CN2CCN(c3ccccn3)CC2)o1. The number of piperazine rings is 1. The van der Waals surface area contributed by atoms with Gasteiger partial charge in [-0.1, -0.05) is 6.07 Å². The lowest BCUT2D eigenvalue weighted by atomic mass is 10.2. The van der Waals surface area contributed by atoms with Gasteiger partial charge < -0.3 is 14.4 Å². The summed E-state index contributed by atoms with van der Waals surface area (Å²) in [5.74, 6) is 1.56. The van der Waals surface area contributed by atoms with Crippen molar-refractivity contribution in [2.75, 3.05) is 31.1 Å². The average Bonchev–Trinajstić information content (AvgIpc) is 2.54. The minimum atomic E-state index is -0.383. The Hall–Kier alpha value is -2.34. The molecule has 0 amide bonds. The van der Waals surface area contributed by atoms with E-state index < -0.39 is 0 Å². The fourth-order valence-electron chi connectivity index (χ4n) is 2.65. The van der Waals surface area contributed by atoms with Crippen molar-refractivity contribution in [1.82, 2.24) is 9.88 Å². The fraction of sp³-hybridized carbons (Fsp3) is 0.375. The van der Waals surface area contributed by atoms with Crippen molar-refractivity contribution in [2.24, 2.45) is 0 Å². The van der Waals surface area contributed by atoms with Crippen LogP contribution in [0.3, 0.4) is 0 Å². The van der Waals surface area contributed by atoms with Gasteiger partial charge in [-0.25, -0.2) is 4.98 Å². The summed E-state index contributed by atoms with van der Waals surface area (Å²) in [7, 11) is 0. The summed E-state index contributed by atoms with van der Waals surface area (Å²) in [4.78, 5) is 20.3. The molecule has 0 aromatic carbocycles. The third-order valence-corrected chi connectivity index (χ3v) is 3.83. The van der Waals surface area contributed by atoms with Crippen LogP contribution in [0.4, 0.5) is 5.82 Å². The van der Waals surface area contributed by atoms with Crippen LogP contribution in [0.5, 0.6) is 5.75 Å². The van der Waals surface area contributed by atoms with Crippen molar-refractivity contribution < 1.29 is 9.52 Å². The van der Waals surface area contributed by atoms with Crippen molar-refractivity contribution in [1.29, 1.82) is 0 Å². The summed E-state index contributed by atoms with van der Waals surface area (Å²) in [6.07, 6.45) is 1.79. The number of hydrogen-bond donors (Lipinski definition) is 1. The molecular formula is C16H19N3O3. The first-order valence-electron chi connectivity index (χ1n) is 7.34. The van der Waals surface area contributed by atoms with Gasteiger partial charge in [-0.2, -0.15) is 0 Å². The first-order chi connectivity index (χ1) is 10.6. The van der Waals surface area contributed by atoms with Gasteiger partial charge in [0.1, 0.15) is 11.6 Å². The maximum absolute atomic E-state index is 11.6. The molecule has 3 heterocycles. The molecule has 1 aliphatic rings. The van der Waals surface area contributed by atoms with Crippen LogP contribution in [0.15, 0.2) is 39.7 Å². The lowest BCUT2D eigenvalue weighted by Gasteiger charge is -2.35. The predicted octanol–water partition coefficient (Wildman–Crippen LogP) is 1.37. The minimum absolute atomic E-state index is 0.280. The molecule has 0 atom stereocenters. The van der Waals surface area contributed by atoms with Crippen LogP contribution in [0.25, 0.3) is 0 Å². The molecule has 0 aliphatic carbocycles. The highest BCUT2D eigenvalue weighted by Gasteiger charge is 2.20. The van der Waals surface area contributed by atoms with E-state index in [0.29, 0.717) is 18.1 Å². The summed E-state index contributed by atoms with van der Waals surface area (Å²) < 4.78 is 5.49. The van der Waals surface area contributed by atoms with Crippen LogP contribution in [0.1, 0.15) is 11.5 Å². The Bertz CT molecular complexity index is 692. The lowest BCUT2D eigenvalue weighted by Crippen LogP contribution is -2.46. The quantitative estimate of drug-likeness (QED) is 0.923. The van der Waals surface area contributed by atoms with Crippen LogP contribution in [-0.2, 0) is 6.54 Å². The van der Waals surface area contributed by atoms with Gasteiger partial charge in [0.25, 0.3) is 0 Å². The smallest absolute Gasteiger partial charge is 0.227 e. The first-order valence-corrected chi connectivity index (χ1v) is 7.34. The van der Waals surface area contributed by atoms with E-state index in [1.165, 1.54) is 6.07 Å². The Morgan fingerprint density at radius 3 is 2.73 bits per heavy atom. The molecule has 0 unspecified atom stereocenters. The first kappa shape index (κ1) is 14.6. The standard InChI is InChI=1S/C16H19N3O3/c1-12-10-13(20)16(21)14(22-12)11-18-6-8-19(9-7-18)15-4-2-3-5-17-15/h2-5,10,21H,6-9,11H2,1H3. The van der Waals surface area contributed by atoms with Crippen LogP contribution in [0.2, 0.25) is 0 Å². The normalized spacial score (nSPS) is 16.0. The van der Waals surface area contributed by atoms with Crippen molar-refractivity contribution in [2.45, 2.75) is 13.5 Å². The number of pyridine rings is 1. The van der Waals surface area contributed by atoms with Crippen molar-refractivity contribution in [3.8, 4) is 5.75 Å². The molecule has 3 rings (SSSR count). The molecular weight excluding hydrogens is 282 g/mol. The van der Waals surface area contributed by atoms with E-state index in [1.54, 1.807) is 13.1 Å². The van der Waals surface area contributed by atoms with Gasteiger partial charge >= 0.3 is 0 Å². The molecule has 6 heteroatoms. The van der Waals surface area contributed by atoms with Crippen molar-refractivity contribution >= 4 is 5.82 Å². The summed E-state index contributed by atoms with van der Waals surface area (Å²) in [5, 5.41) is 9.83. The Kier molecular flexibility index (Phi) is 4.11. The third kappa shape index (κ3) is 3.12. The van der Waals surface area contributed by atoms with E-state index in [4.69, 9.17) is 4.42 Å². The zero-order valence-corrected chi connectivity index (χ0v) is 12.5. The highest BCUT2D eigenvalue weighted by atomic mass is 16.4. The summed E-state index contributed by atoms with van der Waals surface area (Å²) in [6, 6.07) is 7.19. The Morgan fingerprint density at radius 1 is 1.27 bits per heavy atom. The highest BCUT2D eigenvalue weighted by molar-refractivity contribution is 5.38. The van der Waals surface area contributed by atoms with E-state index >= 15 is 0 Å². The highest BCUT2D eigenvalue weighted by Crippen LogP contribution is 2.18. The maximum atomic E-state index is 11.6. The van der Waals surface area contributed by atoms with E-state index in [2.05, 4.69) is 14.8 Å². The molecule has 1 N–H and O–H groups in total. The monoisotopic (exact) mass is 301 g/mol. The van der Waals surface area contributed by atoms with Crippen LogP contribution in [0, 0.1) is 6.92 Å². The molecule has 0 saturated carbocycles. The summed E-state index contributed by atoms with van der Waals surface area (Å²) in [6.45, 7) is 5.52.